The van der Waals surface area contributed by atoms with Gasteiger partial charge in [-0.05, 0) is 12.8 Å². The van der Waals surface area contributed by atoms with E-state index in [4.69, 9.17) is 0 Å². The van der Waals surface area contributed by atoms with Crippen molar-refractivity contribution in [2.24, 2.45) is 5.92 Å². The molecule has 6 heteroatoms. The van der Waals surface area contributed by atoms with E-state index in [0.717, 1.165) is 6.26 Å². The molecule has 1 saturated heterocycles. The first-order valence-electron chi connectivity index (χ1n) is 4.68. The highest BCUT2D eigenvalue weighted by atomic mass is 32.2. The van der Waals surface area contributed by atoms with Gasteiger partial charge in [0.25, 0.3) is 10.1 Å². The molecule has 2 atom stereocenters. The lowest BCUT2D eigenvalue weighted by Gasteiger charge is -2.08. The second-order valence-corrected chi connectivity index (χ2v) is 5.30. The summed E-state index contributed by atoms with van der Waals surface area (Å²) in [5.41, 5.74) is 0. The van der Waals surface area contributed by atoms with Crippen molar-refractivity contribution < 1.29 is 17.4 Å². The van der Waals surface area contributed by atoms with Crippen LogP contribution in [0.3, 0.4) is 0 Å². The molecule has 0 aromatic carbocycles. The molecule has 1 N–H and O–H groups in total. The average molecular weight is 233 g/mol. The third-order valence-electron chi connectivity index (χ3n) is 2.22. The topological polar surface area (TPSA) is 72.5 Å². The highest BCUT2D eigenvalue weighted by molar-refractivity contribution is 7.85. The molecule has 0 aliphatic carbocycles. The van der Waals surface area contributed by atoms with Crippen molar-refractivity contribution in [2.45, 2.75) is 18.9 Å². The molecule has 0 unspecified atom stereocenters. The van der Waals surface area contributed by atoms with Gasteiger partial charge in [0.05, 0.1) is 18.9 Å². The number of hydrogen-bond acceptors (Lipinski definition) is 4. The molecule has 15 heavy (non-hydrogen) atoms. The first-order chi connectivity index (χ1) is 6.92. The third kappa shape index (κ3) is 4.01. The van der Waals surface area contributed by atoms with Crippen LogP contribution in [0.1, 0.15) is 12.8 Å². The number of hydrogen-bond donors (Lipinski definition) is 1. The summed E-state index contributed by atoms with van der Waals surface area (Å²) in [6.07, 6.45) is 3.89. The Morgan fingerprint density at radius 2 is 2.33 bits per heavy atom. The van der Waals surface area contributed by atoms with E-state index in [1.54, 1.807) is 6.08 Å². The third-order valence-corrected chi connectivity index (χ3v) is 2.78. The molecule has 1 rings (SSSR count). The summed E-state index contributed by atoms with van der Waals surface area (Å²) in [6.45, 7) is 3.57. The molecule has 1 fully saturated rings. The molecule has 1 amide bonds. The van der Waals surface area contributed by atoms with Crippen LogP contribution >= 0.6 is 0 Å². The number of allylic oxidation sites excluding steroid dienone is 1. The smallest absolute Gasteiger partial charge is 0.264 e. The van der Waals surface area contributed by atoms with Gasteiger partial charge >= 0.3 is 0 Å². The maximum atomic E-state index is 11.3. The molecule has 0 bridgehead atoms. The number of nitrogens with one attached hydrogen (secondary N) is 1. The lowest BCUT2D eigenvalue weighted by molar-refractivity contribution is -0.122. The van der Waals surface area contributed by atoms with E-state index < -0.39 is 10.1 Å². The second-order valence-electron chi connectivity index (χ2n) is 3.65. The predicted molar refractivity (Wildman–Crippen MR) is 55.6 cm³/mol. The summed E-state index contributed by atoms with van der Waals surface area (Å²) in [7, 11) is -3.43. The number of rotatable bonds is 5. The Morgan fingerprint density at radius 1 is 1.67 bits per heavy atom. The molecular weight excluding hydrogens is 218 g/mol. The first-order valence-corrected chi connectivity index (χ1v) is 6.49. The molecule has 0 aromatic rings. The fourth-order valence-corrected chi connectivity index (χ4v) is 1.96. The van der Waals surface area contributed by atoms with Crippen molar-refractivity contribution in [2.75, 3.05) is 12.9 Å². The van der Waals surface area contributed by atoms with E-state index in [0.29, 0.717) is 12.8 Å². The van der Waals surface area contributed by atoms with Gasteiger partial charge in [0.1, 0.15) is 0 Å². The summed E-state index contributed by atoms with van der Waals surface area (Å²) in [5, 5.41) is 2.69. The zero-order valence-electron chi connectivity index (χ0n) is 8.60. The summed E-state index contributed by atoms with van der Waals surface area (Å²) < 4.78 is 26.1. The highest BCUT2D eigenvalue weighted by Crippen LogP contribution is 2.19. The molecule has 86 valence electrons. The standard InChI is InChI=1S/C9H15NO4S/c1-3-4-7-5-8(10-9(7)11)6-14-15(2,12)13/h3,7-8H,1,4-6H2,2H3,(H,10,11)/t7-,8+/m0/s1. The zero-order valence-corrected chi connectivity index (χ0v) is 9.42. The van der Waals surface area contributed by atoms with Crippen molar-refractivity contribution in [3.05, 3.63) is 12.7 Å². The molecule has 0 spiro atoms. The molecule has 0 radical (unpaired) electrons. The van der Waals surface area contributed by atoms with Gasteiger partial charge in [-0.3, -0.25) is 8.98 Å². The quantitative estimate of drug-likeness (QED) is 0.537. The highest BCUT2D eigenvalue weighted by Gasteiger charge is 2.31. The number of amides is 1. The molecular formula is C9H15NO4S. The minimum absolute atomic E-state index is 0.0121. The monoisotopic (exact) mass is 233 g/mol. The van der Waals surface area contributed by atoms with Crippen LogP contribution in [0, 0.1) is 5.92 Å². The van der Waals surface area contributed by atoms with Gasteiger partial charge < -0.3 is 5.32 Å². The van der Waals surface area contributed by atoms with E-state index in [-0.39, 0.29) is 24.5 Å². The van der Waals surface area contributed by atoms with E-state index in [2.05, 4.69) is 16.1 Å². The lowest BCUT2D eigenvalue weighted by atomic mass is 10.0. The van der Waals surface area contributed by atoms with Gasteiger partial charge in [-0.2, -0.15) is 8.42 Å². The van der Waals surface area contributed by atoms with E-state index in [1.165, 1.54) is 0 Å². The number of carbonyl (C=O) groups is 1. The van der Waals surface area contributed by atoms with Crippen molar-refractivity contribution in [3.8, 4) is 0 Å². The molecule has 0 saturated carbocycles. The Balaban J connectivity index is 2.41. The molecule has 1 aliphatic rings. The van der Waals surface area contributed by atoms with Crippen LogP contribution in [-0.2, 0) is 19.1 Å². The van der Waals surface area contributed by atoms with Crippen molar-refractivity contribution in [1.29, 1.82) is 0 Å². The van der Waals surface area contributed by atoms with Crippen LogP contribution < -0.4 is 5.32 Å². The second kappa shape index (κ2) is 4.76. The number of carbonyl (C=O) groups excluding carboxylic acids is 1. The molecule has 5 nitrogen and oxygen atoms in total. The normalized spacial score (nSPS) is 26.3. The summed E-state index contributed by atoms with van der Waals surface area (Å²) in [4.78, 5) is 11.3. The summed E-state index contributed by atoms with van der Waals surface area (Å²) in [5.74, 6) is -0.160. The van der Waals surface area contributed by atoms with Gasteiger partial charge in [-0.25, -0.2) is 0 Å². The first kappa shape index (κ1) is 12.2. The van der Waals surface area contributed by atoms with Crippen molar-refractivity contribution in [3.63, 3.8) is 0 Å². The Labute approximate surface area is 89.6 Å². The van der Waals surface area contributed by atoms with Crippen molar-refractivity contribution in [1.82, 2.24) is 5.32 Å². The Bertz CT molecular complexity index is 349. The Morgan fingerprint density at radius 3 is 2.87 bits per heavy atom. The maximum absolute atomic E-state index is 11.3. The minimum Gasteiger partial charge on any atom is -0.351 e. The van der Waals surface area contributed by atoms with E-state index >= 15 is 0 Å². The molecule has 1 heterocycles. The minimum atomic E-state index is -3.43. The summed E-state index contributed by atoms with van der Waals surface area (Å²) in [6, 6.07) is -0.211. The lowest BCUT2D eigenvalue weighted by Crippen LogP contribution is -2.30. The van der Waals surface area contributed by atoms with Crippen LogP contribution in [0.2, 0.25) is 0 Å². The van der Waals surface area contributed by atoms with Crippen LogP contribution in [-0.4, -0.2) is 33.2 Å². The SMILES string of the molecule is C=CC[C@H]1C[C@H](COS(C)(=O)=O)NC1=O. The maximum Gasteiger partial charge on any atom is 0.264 e. The zero-order chi connectivity index (χ0) is 11.5. The fraction of sp³-hybridized carbons (Fsp3) is 0.667. The van der Waals surface area contributed by atoms with Crippen LogP contribution in [0.15, 0.2) is 12.7 Å². The van der Waals surface area contributed by atoms with Gasteiger partial charge in [0, 0.05) is 5.92 Å². The molecule has 0 aromatic heterocycles. The Kier molecular flexibility index (Phi) is 3.87. The van der Waals surface area contributed by atoms with E-state index in [1.807, 2.05) is 0 Å². The van der Waals surface area contributed by atoms with Crippen LogP contribution in [0.25, 0.3) is 0 Å². The van der Waals surface area contributed by atoms with Gasteiger partial charge in [0.2, 0.25) is 5.91 Å². The van der Waals surface area contributed by atoms with Gasteiger partial charge in [-0.1, -0.05) is 6.08 Å². The summed E-state index contributed by atoms with van der Waals surface area (Å²) >= 11 is 0. The van der Waals surface area contributed by atoms with Crippen LogP contribution in [0.4, 0.5) is 0 Å². The van der Waals surface area contributed by atoms with Gasteiger partial charge in [0.15, 0.2) is 0 Å². The predicted octanol–water partition coefficient (Wildman–Crippen LogP) is 0.0434. The Hall–Kier alpha value is -0.880. The van der Waals surface area contributed by atoms with E-state index in [9.17, 15) is 13.2 Å². The largest absolute Gasteiger partial charge is 0.351 e. The molecule has 1 aliphatic heterocycles. The fourth-order valence-electron chi connectivity index (χ4n) is 1.55. The average Bonchev–Trinajstić information content (AvgIpc) is 2.44. The van der Waals surface area contributed by atoms with Crippen LogP contribution in [0.5, 0.6) is 0 Å². The van der Waals surface area contributed by atoms with Crippen molar-refractivity contribution >= 4 is 16.0 Å². The van der Waals surface area contributed by atoms with Gasteiger partial charge in [-0.15, -0.1) is 6.58 Å².